The van der Waals surface area contributed by atoms with Crippen LogP contribution in [0.1, 0.15) is 23.6 Å². The predicted octanol–water partition coefficient (Wildman–Crippen LogP) is 2.87. The summed E-state index contributed by atoms with van der Waals surface area (Å²) in [6.45, 7) is 12.4. The number of carbonyl (C=O) groups excluding carboxylic acids is 1. The Morgan fingerprint density at radius 1 is 1.36 bits per heavy atom. The number of nitrogens with zero attached hydrogens (tertiary/aromatic N) is 2. The lowest BCUT2D eigenvalue weighted by Gasteiger charge is -2.31. The first-order valence-corrected chi connectivity index (χ1v) is 9.59. The summed E-state index contributed by atoms with van der Waals surface area (Å²) in [4.78, 5) is 19.3. The first-order valence-electron chi connectivity index (χ1n) is 9.59. The van der Waals surface area contributed by atoms with Gasteiger partial charge in [0.05, 0.1) is 17.1 Å². The quantitative estimate of drug-likeness (QED) is 0.797. The fraction of sp³-hybridized carbons (Fsp3) is 0.304. The van der Waals surface area contributed by atoms with Crippen molar-refractivity contribution < 1.29 is 4.79 Å². The van der Waals surface area contributed by atoms with Crippen LogP contribution in [0.5, 0.6) is 0 Å². The molecule has 0 spiro atoms. The Morgan fingerprint density at radius 2 is 2.14 bits per heavy atom. The zero-order valence-electron chi connectivity index (χ0n) is 16.8. The number of aliphatic imine (C=N–C) groups is 1. The molecule has 1 fully saturated rings. The van der Waals surface area contributed by atoms with E-state index in [9.17, 15) is 4.79 Å². The first-order chi connectivity index (χ1) is 13.3. The van der Waals surface area contributed by atoms with Crippen molar-refractivity contribution in [2.75, 3.05) is 19.6 Å². The van der Waals surface area contributed by atoms with Gasteiger partial charge in [-0.05, 0) is 55.7 Å². The fourth-order valence-corrected chi connectivity index (χ4v) is 3.27. The van der Waals surface area contributed by atoms with Crippen LogP contribution in [0.3, 0.4) is 0 Å². The van der Waals surface area contributed by atoms with E-state index in [-0.39, 0.29) is 17.6 Å². The number of benzene rings is 1. The third-order valence-electron chi connectivity index (χ3n) is 5.12. The molecule has 2 aliphatic heterocycles. The second kappa shape index (κ2) is 8.40. The molecule has 5 heteroatoms. The fourth-order valence-electron chi connectivity index (χ4n) is 3.27. The molecular weight excluding hydrogens is 348 g/mol. The summed E-state index contributed by atoms with van der Waals surface area (Å²) >= 11 is 0. The number of aryl methyl sites for hydroxylation is 2. The van der Waals surface area contributed by atoms with Crippen LogP contribution < -0.4 is 11.1 Å². The van der Waals surface area contributed by atoms with Crippen LogP contribution in [0.15, 0.2) is 65.3 Å². The highest BCUT2D eigenvalue weighted by atomic mass is 16.2. The van der Waals surface area contributed by atoms with E-state index in [1.165, 1.54) is 11.1 Å². The number of nitrogens with one attached hydrogen (secondary N) is 1. The van der Waals surface area contributed by atoms with Gasteiger partial charge in [-0.2, -0.15) is 0 Å². The molecule has 1 aromatic rings. The number of carbonyl (C=O) groups is 1. The highest BCUT2D eigenvalue weighted by Crippen LogP contribution is 2.23. The van der Waals surface area contributed by atoms with Gasteiger partial charge in [0.1, 0.15) is 0 Å². The standard InChI is InChI=1S/C23H28N4O/c1-15-8-9-19(12-17(15)3)21-7-5-6-16(2)22(26-21)13-20(24)23(28)27-11-10-25-18(4)14-27/h5-9,12-13,18,25H,2,10-11,14,24H2,1,3-4H3/b20-13-/t18-/m0/s1. The second-order valence-corrected chi connectivity index (χ2v) is 7.44. The van der Waals surface area contributed by atoms with E-state index < -0.39 is 0 Å². The van der Waals surface area contributed by atoms with Crippen molar-refractivity contribution >= 4 is 17.3 Å². The van der Waals surface area contributed by atoms with Crippen molar-refractivity contribution in [3.8, 4) is 0 Å². The summed E-state index contributed by atoms with van der Waals surface area (Å²) in [6.07, 6.45) is 7.40. The summed E-state index contributed by atoms with van der Waals surface area (Å²) < 4.78 is 0. The molecular formula is C23H28N4O. The number of hydrogen-bond acceptors (Lipinski definition) is 4. The average molecular weight is 377 g/mol. The maximum absolute atomic E-state index is 12.7. The highest BCUT2D eigenvalue weighted by molar-refractivity contribution is 6.15. The Balaban J connectivity index is 1.89. The SMILES string of the molecule is C=C1C=CC=C(c2ccc(C)c(C)c2)N=C1/C=C(\N)C(=O)N1CCN[C@@H](C)C1. The molecule has 0 aliphatic carbocycles. The smallest absolute Gasteiger partial charge is 0.269 e. The summed E-state index contributed by atoms with van der Waals surface area (Å²) in [5, 5.41) is 3.33. The van der Waals surface area contributed by atoms with E-state index in [4.69, 9.17) is 10.7 Å². The Bertz CT molecular complexity index is 921. The Morgan fingerprint density at radius 3 is 2.86 bits per heavy atom. The number of allylic oxidation sites excluding steroid dienone is 5. The van der Waals surface area contributed by atoms with Crippen LogP contribution in [0.4, 0.5) is 0 Å². The van der Waals surface area contributed by atoms with Crippen molar-refractivity contribution in [3.05, 3.63) is 77.0 Å². The summed E-state index contributed by atoms with van der Waals surface area (Å²) in [5.41, 5.74) is 11.9. The van der Waals surface area contributed by atoms with Gasteiger partial charge in [-0.25, -0.2) is 4.99 Å². The topological polar surface area (TPSA) is 70.7 Å². The van der Waals surface area contributed by atoms with Gasteiger partial charge in [0.15, 0.2) is 0 Å². The molecule has 146 valence electrons. The van der Waals surface area contributed by atoms with Crippen LogP contribution >= 0.6 is 0 Å². The van der Waals surface area contributed by atoms with E-state index in [0.717, 1.165) is 23.4 Å². The average Bonchev–Trinajstić information content (AvgIpc) is 2.85. The van der Waals surface area contributed by atoms with Gasteiger partial charge >= 0.3 is 0 Å². The molecule has 1 aromatic carbocycles. The molecule has 0 saturated carbocycles. The van der Waals surface area contributed by atoms with Gasteiger partial charge < -0.3 is 16.0 Å². The van der Waals surface area contributed by atoms with Crippen molar-refractivity contribution in [1.82, 2.24) is 10.2 Å². The number of hydrogen-bond donors (Lipinski definition) is 2. The molecule has 0 unspecified atom stereocenters. The van der Waals surface area contributed by atoms with Gasteiger partial charge in [-0.1, -0.05) is 30.9 Å². The minimum Gasteiger partial charge on any atom is -0.394 e. The molecule has 3 N–H and O–H groups in total. The van der Waals surface area contributed by atoms with Crippen molar-refractivity contribution in [1.29, 1.82) is 0 Å². The Kier molecular flexibility index (Phi) is 5.95. The van der Waals surface area contributed by atoms with E-state index in [1.807, 2.05) is 18.2 Å². The summed E-state index contributed by atoms with van der Waals surface area (Å²) in [7, 11) is 0. The van der Waals surface area contributed by atoms with Crippen molar-refractivity contribution in [3.63, 3.8) is 0 Å². The largest absolute Gasteiger partial charge is 0.394 e. The molecule has 5 nitrogen and oxygen atoms in total. The van der Waals surface area contributed by atoms with Gasteiger partial charge in [-0.15, -0.1) is 0 Å². The van der Waals surface area contributed by atoms with Crippen LogP contribution in [0.2, 0.25) is 0 Å². The molecule has 3 rings (SSSR count). The molecule has 2 aliphatic rings. The minimum absolute atomic E-state index is 0.159. The first kappa shape index (κ1) is 19.8. The maximum atomic E-state index is 12.7. The molecule has 1 amide bonds. The van der Waals surface area contributed by atoms with Crippen LogP contribution in [-0.2, 0) is 4.79 Å². The normalized spacial score (nSPS) is 20.5. The maximum Gasteiger partial charge on any atom is 0.269 e. The third-order valence-corrected chi connectivity index (χ3v) is 5.12. The van der Waals surface area contributed by atoms with Crippen LogP contribution in [-0.4, -0.2) is 42.2 Å². The molecule has 0 radical (unpaired) electrons. The molecule has 1 saturated heterocycles. The zero-order chi connectivity index (χ0) is 20.3. The van der Waals surface area contributed by atoms with Gasteiger partial charge in [0, 0.05) is 31.2 Å². The molecule has 28 heavy (non-hydrogen) atoms. The van der Waals surface area contributed by atoms with E-state index >= 15 is 0 Å². The van der Waals surface area contributed by atoms with Crippen LogP contribution in [0, 0.1) is 13.8 Å². The summed E-state index contributed by atoms with van der Waals surface area (Å²) in [6, 6.07) is 6.52. The molecule has 0 bridgehead atoms. The number of piperazine rings is 1. The zero-order valence-corrected chi connectivity index (χ0v) is 16.8. The monoisotopic (exact) mass is 376 g/mol. The molecule has 1 atom stereocenters. The second-order valence-electron chi connectivity index (χ2n) is 7.44. The van der Waals surface area contributed by atoms with Crippen LogP contribution in [0.25, 0.3) is 5.70 Å². The van der Waals surface area contributed by atoms with Gasteiger partial charge in [-0.3, -0.25) is 4.79 Å². The van der Waals surface area contributed by atoms with E-state index in [0.29, 0.717) is 18.8 Å². The number of nitrogens with two attached hydrogens (primary N) is 1. The number of amides is 1. The Hall–Kier alpha value is -2.92. The van der Waals surface area contributed by atoms with E-state index in [2.05, 4.69) is 50.9 Å². The van der Waals surface area contributed by atoms with E-state index in [1.54, 1.807) is 11.0 Å². The van der Waals surface area contributed by atoms with Crippen molar-refractivity contribution in [2.24, 2.45) is 10.7 Å². The lowest BCUT2D eigenvalue weighted by atomic mass is 10.0. The minimum atomic E-state index is -0.159. The lowest BCUT2D eigenvalue weighted by Crippen LogP contribution is -2.52. The summed E-state index contributed by atoms with van der Waals surface area (Å²) in [5.74, 6) is -0.159. The third kappa shape index (κ3) is 4.49. The van der Waals surface area contributed by atoms with Gasteiger partial charge in [0.2, 0.25) is 0 Å². The van der Waals surface area contributed by atoms with Gasteiger partial charge in [0.25, 0.3) is 5.91 Å². The lowest BCUT2D eigenvalue weighted by molar-refractivity contribution is -0.128. The number of rotatable bonds is 3. The Labute approximate surface area is 167 Å². The molecule has 0 aromatic heterocycles. The molecule has 2 heterocycles. The van der Waals surface area contributed by atoms with Crippen molar-refractivity contribution in [2.45, 2.75) is 26.8 Å². The predicted molar refractivity (Wildman–Crippen MR) is 116 cm³/mol. The highest BCUT2D eigenvalue weighted by Gasteiger charge is 2.22.